The van der Waals surface area contributed by atoms with E-state index in [4.69, 9.17) is 5.73 Å². The molecule has 7 heteroatoms. The molecule has 0 saturated carbocycles. The molecule has 0 bridgehead atoms. The van der Waals surface area contributed by atoms with Crippen molar-refractivity contribution in [3.05, 3.63) is 5.82 Å². The number of nitrogens with two attached hydrogens (primary N) is 1. The van der Waals surface area contributed by atoms with Crippen LogP contribution in [0.4, 0.5) is 5.13 Å². The van der Waals surface area contributed by atoms with Crippen molar-refractivity contribution in [2.75, 3.05) is 5.32 Å². The summed E-state index contributed by atoms with van der Waals surface area (Å²) in [5, 5.41) is 3.13. The first-order valence-corrected chi connectivity index (χ1v) is 5.15. The Kier molecular flexibility index (Phi) is 5.71. The second-order valence-electron chi connectivity index (χ2n) is 3.41. The Morgan fingerprint density at radius 3 is 2.53 bits per heavy atom. The zero-order valence-corrected chi connectivity index (χ0v) is 10.5. The van der Waals surface area contributed by atoms with Gasteiger partial charge in [0.25, 0.3) is 0 Å². The molecular weight excluding hydrogens is 236 g/mol. The molecule has 0 fully saturated rings. The SMILES string of the molecule is Cc1nsc(NC(=O)[C@H](N)C(C)C)n1.Cl. The Bertz CT molecular complexity index is 328. The fourth-order valence-corrected chi connectivity index (χ4v) is 1.42. The molecule has 1 atom stereocenters. The summed E-state index contributed by atoms with van der Waals surface area (Å²) in [6.07, 6.45) is 0. The molecule has 5 nitrogen and oxygen atoms in total. The third kappa shape index (κ3) is 4.11. The molecule has 1 rings (SSSR count). The molecule has 1 amide bonds. The molecule has 1 aromatic rings. The number of aryl methyl sites for hydroxylation is 1. The molecule has 0 aromatic carbocycles. The number of hydrogen-bond acceptors (Lipinski definition) is 5. The molecule has 1 aromatic heterocycles. The number of amides is 1. The molecule has 15 heavy (non-hydrogen) atoms. The topological polar surface area (TPSA) is 80.9 Å². The summed E-state index contributed by atoms with van der Waals surface area (Å²) in [4.78, 5) is 15.5. The molecule has 0 aliphatic heterocycles. The van der Waals surface area contributed by atoms with Gasteiger partial charge in [-0.15, -0.1) is 12.4 Å². The van der Waals surface area contributed by atoms with E-state index in [1.165, 1.54) is 0 Å². The quantitative estimate of drug-likeness (QED) is 0.845. The maximum absolute atomic E-state index is 11.5. The molecule has 86 valence electrons. The molecule has 3 N–H and O–H groups in total. The van der Waals surface area contributed by atoms with Crippen molar-refractivity contribution >= 4 is 35.0 Å². The number of carbonyl (C=O) groups is 1. The minimum absolute atomic E-state index is 0. The van der Waals surface area contributed by atoms with Gasteiger partial charge >= 0.3 is 0 Å². The first-order valence-electron chi connectivity index (χ1n) is 4.37. The van der Waals surface area contributed by atoms with Gasteiger partial charge in [-0.1, -0.05) is 13.8 Å². The highest BCUT2D eigenvalue weighted by atomic mass is 35.5. The van der Waals surface area contributed by atoms with E-state index < -0.39 is 6.04 Å². The van der Waals surface area contributed by atoms with E-state index >= 15 is 0 Å². The van der Waals surface area contributed by atoms with Gasteiger partial charge in [0.1, 0.15) is 5.82 Å². The number of anilines is 1. The van der Waals surface area contributed by atoms with Crippen molar-refractivity contribution in [2.24, 2.45) is 11.7 Å². The Morgan fingerprint density at radius 2 is 2.13 bits per heavy atom. The highest BCUT2D eigenvalue weighted by Crippen LogP contribution is 2.11. The van der Waals surface area contributed by atoms with Crippen LogP contribution in [0.15, 0.2) is 0 Å². The maximum atomic E-state index is 11.5. The minimum Gasteiger partial charge on any atom is -0.320 e. The van der Waals surface area contributed by atoms with Crippen LogP contribution in [0.5, 0.6) is 0 Å². The summed E-state index contributed by atoms with van der Waals surface area (Å²) in [5.41, 5.74) is 5.66. The number of rotatable bonds is 3. The predicted molar refractivity (Wildman–Crippen MR) is 63.3 cm³/mol. The number of hydrogen-bond donors (Lipinski definition) is 2. The summed E-state index contributed by atoms with van der Waals surface area (Å²) >= 11 is 1.16. The average molecular weight is 251 g/mol. The van der Waals surface area contributed by atoms with Crippen molar-refractivity contribution in [2.45, 2.75) is 26.8 Å². The molecule has 0 radical (unpaired) electrons. The van der Waals surface area contributed by atoms with E-state index in [1.54, 1.807) is 6.92 Å². The van der Waals surface area contributed by atoms with Crippen molar-refractivity contribution in [3.63, 3.8) is 0 Å². The lowest BCUT2D eigenvalue weighted by Crippen LogP contribution is -2.39. The van der Waals surface area contributed by atoms with E-state index in [-0.39, 0.29) is 24.2 Å². The van der Waals surface area contributed by atoms with Gasteiger partial charge < -0.3 is 5.73 Å². The number of carbonyl (C=O) groups excluding carboxylic acids is 1. The van der Waals surface area contributed by atoms with Gasteiger partial charge in [0, 0.05) is 11.5 Å². The monoisotopic (exact) mass is 250 g/mol. The average Bonchev–Trinajstić information content (AvgIpc) is 2.49. The summed E-state index contributed by atoms with van der Waals surface area (Å²) in [5.74, 6) is 0.559. The third-order valence-electron chi connectivity index (χ3n) is 1.78. The Morgan fingerprint density at radius 1 is 1.53 bits per heavy atom. The highest BCUT2D eigenvalue weighted by Gasteiger charge is 2.18. The summed E-state index contributed by atoms with van der Waals surface area (Å²) < 4.78 is 3.95. The van der Waals surface area contributed by atoms with Gasteiger partial charge in [-0.25, -0.2) is 4.98 Å². The molecule has 0 saturated heterocycles. The molecule has 1 heterocycles. The fourth-order valence-electron chi connectivity index (χ4n) is 0.839. The van der Waals surface area contributed by atoms with Crippen LogP contribution in [0, 0.1) is 12.8 Å². The lowest BCUT2D eigenvalue weighted by atomic mass is 10.1. The van der Waals surface area contributed by atoms with E-state index in [0.29, 0.717) is 11.0 Å². The van der Waals surface area contributed by atoms with Gasteiger partial charge in [-0.2, -0.15) is 4.37 Å². The smallest absolute Gasteiger partial charge is 0.243 e. The standard InChI is InChI=1S/C8H14N4OS.ClH/c1-4(2)6(9)7(13)11-8-10-5(3)12-14-8;/h4,6H,9H2,1-3H3,(H,10,11,12,13);1H/t6-;/m1./s1. The number of nitrogens with one attached hydrogen (secondary N) is 1. The molecule has 0 spiro atoms. The van der Waals surface area contributed by atoms with Crippen LogP contribution in [-0.2, 0) is 4.79 Å². The Labute approximate surface area is 99.0 Å². The number of aromatic nitrogens is 2. The fraction of sp³-hybridized carbons (Fsp3) is 0.625. The lowest BCUT2D eigenvalue weighted by Gasteiger charge is -2.13. The van der Waals surface area contributed by atoms with Crippen LogP contribution in [0.2, 0.25) is 0 Å². The second kappa shape index (κ2) is 5.99. The van der Waals surface area contributed by atoms with Gasteiger partial charge in [0.05, 0.1) is 6.04 Å². The van der Waals surface area contributed by atoms with Crippen LogP contribution in [0.3, 0.4) is 0 Å². The molecular formula is C8H15ClN4OS. The van der Waals surface area contributed by atoms with Crippen molar-refractivity contribution in [1.29, 1.82) is 0 Å². The van der Waals surface area contributed by atoms with Gasteiger partial charge in [0.2, 0.25) is 11.0 Å². The predicted octanol–water partition coefficient (Wildman–Crippen LogP) is 1.19. The van der Waals surface area contributed by atoms with E-state index in [0.717, 1.165) is 11.5 Å². The summed E-state index contributed by atoms with van der Waals surface area (Å²) in [6.45, 7) is 5.57. The Balaban J connectivity index is 0.00000196. The van der Waals surface area contributed by atoms with Crippen LogP contribution < -0.4 is 11.1 Å². The molecule has 0 unspecified atom stereocenters. The maximum Gasteiger partial charge on any atom is 0.243 e. The van der Waals surface area contributed by atoms with Crippen LogP contribution in [0.1, 0.15) is 19.7 Å². The van der Waals surface area contributed by atoms with E-state index in [9.17, 15) is 4.79 Å². The molecule has 0 aliphatic carbocycles. The highest BCUT2D eigenvalue weighted by molar-refractivity contribution is 7.09. The van der Waals surface area contributed by atoms with Crippen LogP contribution in [-0.4, -0.2) is 21.3 Å². The van der Waals surface area contributed by atoms with E-state index in [1.807, 2.05) is 13.8 Å². The second-order valence-corrected chi connectivity index (χ2v) is 4.16. The van der Waals surface area contributed by atoms with Crippen LogP contribution in [0.25, 0.3) is 0 Å². The number of nitrogens with zero attached hydrogens (tertiary/aromatic N) is 2. The van der Waals surface area contributed by atoms with Crippen molar-refractivity contribution in [1.82, 2.24) is 9.36 Å². The first-order chi connectivity index (χ1) is 6.50. The van der Waals surface area contributed by atoms with E-state index in [2.05, 4.69) is 14.7 Å². The summed E-state index contributed by atoms with van der Waals surface area (Å²) in [6, 6.07) is -0.501. The Hall–Kier alpha value is -0.720. The van der Waals surface area contributed by atoms with Gasteiger partial charge in [0.15, 0.2) is 0 Å². The zero-order chi connectivity index (χ0) is 10.7. The first kappa shape index (κ1) is 14.3. The third-order valence-corrected chi connectivity index (χ3v) is 2.50. The van der Waals surface area contributed by atoms with Crippen LogP contribution >= 0.6 is 23.9 Å². The van der Waals surface area contributed by atoms with Gasteiger partial charge in [-0.3, -0.25) is 10.1 Å². The van der Waals surface area contributed by atoms with Gasteiger partial charge in [-0.05, 0) is 12.8 Å². The molecule has 0 aliphatic rings. The minimum atomic E-state index is -0.501. The normalized spacial score (nSPS) is 12.1. The van der Waals surface area contributed by atoms with Crippen molar-refractivity contribution < 1.29 is 4.79 Å². The summed E-state index contributed by atoms with van der Waals surface area (Å²) in [7, 11) is 0. The lowest BCUT2D eigenvalue weighted by molar-refractivity contribution is -0.118. The zero-order valence-electron chi connectivity index (χ0n) is 8.85. The van der Waals surface area contributed by atoms with Crippen molar-refractivity contribution in [3.8, 4) is 0 Å². The largest absolute Gasteiger partial charge is 0.320 e. The number of halogens is 1.